The molecule has 0 spiro atoms. The van der Waals surface area contributed by atoms with Crippen LogP contribution in [0.2, 0.25) is 0 Å². The Morgan fingerprint density at radius 1 is 1.09 bits per heavy atom. The quantitative estimate of drug-likeness (QED) is 0.463. The summed E-state index contributed by atoms with van der Waals surface area (Å²) in [6.07, 6.45) is 2.27. The Hall–Kier alpha value is -1.40. The van der Waals surface area contributed by atoms with Crippen LogP contribution in [0.25, 0.3) is 0 Å². The first-order valence-corrected chi connectivity index (χ1v) is 8.01. The van der Waals surface area contributed by atoms with Gasteiger partial charge in [-0.05, 0) is 6.92 Å². The molecule has 2 aliphatic heterocycles. The van der Waals surface area contributed by atoms with E-state index in [0.29, 0.717) is 33.0 Å². The summed E-state index contributed by atoms with van der Waals surface area (Å²) >= 11 is 0. The van der Waals surface area contributed by atoms with E-state index in [2.05, 4.69) is 25.6 Å². The average Bonchev–Trinajstić information content (AvgIpc) is 3.41. The fourth-order valence-corrected chi connectivity index (χ4v) is 2.40. The molecular weight excluding hydrogens is 296 g/mol. The van der Waals surface area contributed by atoms with E-state index >= 15 is 0 Å². The second kappa shape index (κ2) is 7.93. The predicted molar refractivity (Wildman–Crippen MR) is 85.7 cm³/mol. The van der Waals surface area contributed by atoms with Crippen molar-refractivity contribution in [3.8, 4) is 5.75 Å². The van der Waals surface area contributed by atoms with E-state index in [0.717, 1.165) is 30.1 Å². The van der Waals surface area contributed by atoms with Gasteiger partial charge in [-0.15, -0.1) is 0 Å². The summed E-state index contributed by atoms with van der Waals surface area (Å²) in [6, 6.07) is 4.19. The molecule has 126 valence electrons. The van der Waals surface area contributed by atoms with Gasteiger partial charge in [-0.2, -0.15) is 0 Å². The Morgan fingerprint density at radius 2 is 1.61 bits per heavy atom. The standard InChI is InChI=1S/C18H24O5/c1-3-4-21-18-14(7-19-9-16-11-22-16)5-13(2)6-15(18)8-20-10-17-12-23-17/h3,5-6,16-17H,1,4,7-12H2,2H3. The molecule has 2 aliphatic rings. The van der Waals surface area contributed by atoms with Gasteiger partial charge in [0.2, 0.25) is 0 Å². The highest BCUT2D eigenvalue weighted by Crippen LogP contribution is 2.28. The first kappa shape index (κ1) is 16.5. The minimum absolute atomic E-state index is 0.263. The second-order valence-electron chi connectivity index (χ2n) is 5.95. The summed E-state index contributed by atoms with van der Waals surface area (Å²) in [6.45, 7) is 10.1. The molecule has 23 heavy (non-hydrogen) atoms. The third-order valence-corrected chi connectivity index (χ3v) is 3.66. The molecule has 1 aromatic rings. The van der Waals surface area contributed by atoms with Crippen LogP contribution in [0.4, 0.5) is 0 Å². The first-order chi connectivity index (χ1) is 11.3. The van der Waals surface area contributed by atoms with Crippen LogP contribution >= 0.6 is 0 Å². The summed E-state index contributed by atoms with van der Waals surface area (Å²) in [5.41, 5.74) is 3.24. The largest absolute Gasteiger partial charge is 0.489 e. The highest BCUT2D eigenvalue weighted by molar-refractivity contribution is 5.44. The van der Waals surface area contributed by atoms with E-state index in [4.69, 9.17) is 23.7 Å². The molecular formula is C18H24O5. The summed E-state index contributed by atoms with van der Waals surface area (Å²) in [5, 5.41) is 0. The maximum absolute atomic E-state index is 5.88. The van der Waals surface area contributed by atoms with E-state index < -0.39 is 0 Å². The van der Waals surface area contributed by atoms with Crippen molar-refractivity contribution in [2.75, 3.05) is 33.0 Å². The van der Waals surface area contributed by atoms with Crippen LogP contribution in [0.1, 0.15) is 16.7 Å². The van der Waals surface area contributed by atoms with Crippen molar-refractivity contribution < 1.29 is 23.7 Å². The van der Waals surface area contributed by atoms with Crippen LogP contribution < -0.4 is 4.74 Å². The summed E-state index contributed by atoms with van der Waals surface area (Å²) in [4.78, 5) is 0. The van der Waals surface area contributed by atoms with Crippen LogP contribution in [0.15, 0.2) is 24.8 Å². The first-order valence-electron chi connectivity index (χ1n) is 8.01. The van der Waals surface area contributed by atoms with E-state index in [1.165, 1.54) is 5.56 Å². The zero-order valence-electron chi connectivity index (χ0n) is 13.6. The number of ether oxygens (including phenoxy) is 5. The minimum Gasteiger partial charge on any atom is -0.489 e. The molecule has 0 saturated carbocycles. The molecule has 5 heteroatoms. The Kier molecular flexibility index (Phi) is 5.67. The number of aryl methyl sites for hydroxylation is 1. The molecule has 1 aromatic carbocycles. The Labute approximate surface area is 137 Å². The lowest BCUT2D eigenvalue weighted by Crippen LogP contribution is -2.08. The molecule has 2 unspecified atom stereocenters. The highest BCUT2D eigenvalue weighted by atomic mass is 16.6. The van der Waals surface area contributed by atoms with Gasteiger partial charge in [0.1, 0.15) is 24.6 Å². The average molecular weight is 320 g/mol. The topological polar surface area (TPSA) is 52.8 Å². The lowest BCUT2D eigenvalue weighted by atomic mass is 10.1. The Balaban J connectivity index is 1.67. The highest BCUT2D eigenvalue weighted by Gasteiger charge is 2.24. The normalized spacial score (nSPS) is 22.0. The molecule has 0 amide bonds. The van der Waals surface area contributed by atoms with Gasteiger partial charge >= 0.3 is 0 Å². The monoisotopic (exact) mass is 320 g/mol. The smallest absolute Gasteiger partial charge is 0.130 e. The molecule has 0 N–H and O–H groups in total. The van der Waals surface area contributed by atoms with E-state index in [1.54, 1.807) is 6.08 Å². The van der Waals surface area contributed by atoms with Crippen LogP contribution in [-0.4, -0.2) is 45.2 Å². The van der Waals surface area contributed by atoms with E-state index in [-0.39, 0.29) is 12.2 Å². The zero-order valence-corrected chi connectivity index (χ0v) is 13.6. The van der Waals surface area contributed by atoms with Gasteiger partial charge in [-0.3, -0.25) is 0 Å². The van der Waals surface area contributed by atoms with E-state index in [1.807, 2.05) is 0 Å². The Morgan fingerprint density at radius 3 is 2.04 bits per heavy atom. The fraction of sp³-hybridized carbons (Fsp3) is 0.556. The summed E-state index contributed by atoms with van der Waals surface area (Å²) in [5.74, 6) is 0.837. The van der Waals surface area contributed by atoms with Gasteiger partial charge < -0.3 is 23.7 Å². The van der Waals surface area contributed by atoms with Gasteiger partial charge in [0.15, 0.2) is 0 Å². The molecule has 0 radical (unpaired) electrons. The number of benzene rings is 1. The molecule has 2 heterocycles. The van der Waals surface area contributed by atoms with Crippen molar-refractivity contribution in [2.24, 2.45) is 0 Å². The van der Waals surface area contributed by atoms with Gasteiger partial charge in [0.05, 0.1) is 39.6 Å². The van der Waals surface area contributed by atoms with Crippen LogP contribution in [0.5, 0.6) is 5.75 Å². The molecule has 5 nitrogen and oxygen atoms in total. The van der Waals surface area contributed by atoms with E-state index in [9.17, 15) is 0 Å². The SMILES string of the molecule is C=CCOc1c(COCC2CO2)cc(C)cc1COCC1CO1. The molecule has 2 atom stereocenters. The van der Waals surface area contributed by atoms with Crippen molar-refractivity contribution in [3.63, 3.8) is 0 Å². The number of rotatable bonds is 11. The van der Waals surface area contributed by atoms with Crippen molar-refractivity contribution in [1.82, 2.24) is 0 Å². The van der Waals surface area contributed by atoms with Crippen LogP contribution in [0, 0.1) is 6.92 Å². The van der Waals surface area contributed by atoms with Crippen LogP contribution in [0.3, 0.4) is 0 Å². The van der Waals surface area contributed by atoms with Crippen LogP contribution in [-0.2, 0) is 32.2 Å². The number of hydrogen-bond acceptors (Lipinski definition) is 5. The predicted octanol–water partition coefficient (Wildman–Crippen LogP) is 2.39. The zero-order chi connectivity index (χ0) is 16.1. The summed E-state index contributed by atoms with van der Waals surface area (Å²) in [7, 11) is 0. The van der Waals surface area contributed by atoms with Gasteiger partial charge in [-0.1, -0.05) is 30.4 Å². The molecule has 0 bridgehead atoms. The molecule has 2 saturated heterocycles. The molecule has 0 aromatic heterocycles. The second-order valence-corrected chi connectivity index (χ2v) is 5.95. The lowest BCUT2D eigenvalue weighted by Gasteiger charge is -2.17. The third-order valence-electron chi connectivity index (χ3n) is 3.66. The lowest BCUT2D eigenvalue weighted by molar-refractivity contribution is 0.0967. The molecule has 0 aliphatic carbocycles. The third kappa shape index (κ3) is 5.32. The fourth-order valence-electron chi connectivity index (χ4n) is 2.40. The number of hydrogen-bond donors (Lipinski definition) is 0. The van der Waals surface area contributed by atoms with Crippen molar-refractivity contribution >= 4 is 0 Å². The Bertz CT molecular complexity index is 495. The maximum Gasteiger partial charge on any atom is 0.130 e. The van der Waals surface area contributed by atoms with Gasteiger partial charge in [0, 0.05) is 11.1 Å². The number of epoxide rings is 2. The molecule has 2 fully saturated rings. The van der Waals surface area contributed by atoms with Crippen molar-refractivity contribution in [1.29, 1.82) is 0 Å². The summed E-state index contributed by atoms with van der Waals surface area (Å²) < 4.78 is 27.7. The van der Waals surface area contributed by atoms with Gasteiger partial charge in [-0.25, -0.2) is 0 Å². The maximum atomic E-state index is 5.88. The minimum atomic E-state index is 0.263. The van der Waals surface area contributed by atoms with Gasteiger partial charge in [0.25, 0.3) is 0 Å². The van der Waals surface area contributed by atoms with Crippen molar-refractivity contribution in [3.05, 3.63) is 41.5 Å². The molecule has 3 rings (SSSR count). The van der Waals surface area contributed by atoms with Crippen molar-refractivity contribution in [2.45, 2.75) is 32.3 Å².